The van der Waals surface area contributed by atoms with E-state index >= 15 is 0 Å². The number of hydrogen-bond donors (Lipinski definition) is 2. The number of ether oxygens (including phenoxy) is 1. The zero-order valence-corrected chi connectivity index (χ0v) is 14.5. The van der Waals surface area contributed by atoms with Gasteiger partial charge in [0.1, 0.15) is 5.75 Å². The Morgan fingerprint density at radius 3 is 2.50 bits per heavy atom. The molecule has 1 saturated carbocycles. The second kappa shape index (κ2) is 8.18. The summed E-state index contributed by atoms with van der Waals surface area (Å²) in [5.74, 6) is -0.357. The number of methoxy groups -OCH3 is 1. The first-order valence-electron chi connectivity index (χ1n) is 8.63. The summed E-state index contributed by atoms with van der Waals surface area (Å²) in [5.41, 5.74) is -0.213. The maximum atomic E-state index is 12.7. The fraction of sp³-hybridized carbons (Fsp3) is 0.579. The lowest BCUT2D eigenvalue weighted by Gasteiger charge is -2.32. The van der Waals surface area contributed by atoms with Gasteiger partial charge in [0.05, 0.1) is 19.1 Å². The average Bonchev–Trinajstić information content (AvgIpc) is 2.83. The first-order chi connectivity index (χ1) is 11.4. The number of aliphatic carboxylic acids is 1. The smallest absolute Gasteiger partial charge is 0.306 e. The van der Waals surface area contributed by atoms with Gasteiger partial charge in [-0.3, -0.25) is 9.59 Å². The standard InChI is InChI=1S/C19H27NO4/c1-19(13-17(21)22,15-10-7-11-16(12-15)24-2)20-18(23)14-8-5-3-4-6-9-14/h7,10-12,14H,3-6,8-9,13H2,1-2H3,(H,20,23)(H,21,22). The summed E-state index contributed by atoms with van der Waals surface area (Å²) in [6, 6.07) is 7.24. The quantitative estimate of drug-likeness (QED) is 0.782. The highest BCUT2D eigenvalue weighted by Gasteiger charge is 2.34. The zero-order chi connectivity index (χ0) is 17.6. The molecular weight excluding hydrogens is 306 g/mol. The lowest BCUT2D eigenvalue weighted by atomic mass is 9.87. The van der Waals surface area contributed by atoms with Crippen molar-refractivity contribution >= 4 is 11.9 Å². The van der Waals surface area contributed by atoms with Crippen LogP contribution in [0.4, 0.5) is 0 Å². The van der Waals surface area contributed by atoms with E-state index in [1.165, 1.54) is 12.8 Å². The van der Waals surface area contributed by atoms with Gasteiger partial charge in [0.2, 0.25) is 5.91 Å². The van der Waals surface area contributed by atoms with Crippen molar-refractivity contribution in [2.24, 2.45) is 5.92 Å². The SMILES string of the molecule is COc1cccc(C(C)(CC(=O)O)NC(=O)C2CCCCCC2)c1. The van der Waals surface area contributed by atoms with Crippen molar-refractivity contribution in [3.63, 3.8) is 0 Å². The van der Waals surface area contributed by atoms with Crippen LogP contribution in [0.3, 0.4) is 0 Å². The van der Waals surface area contributed by atoms with E-state index < -0.39 is 11.5 Å². The molecule has 0 aromatic heterocycles. The summed E-state index contributed by atoms with van der Waals surface area (Å²) in [6.07, 6.45) is 6.07. The summed E-state index contributed by atoms with van der Waals surface area (Å²) in [4.78, 5) is 24.1. The number of carbonyl (C=O) groups is 2. The molecule has 1 unspecified atom stereocenters. The average molecular weight is 333 g/mol. The molecular formula is C19H27NO4. The van der Waals surface area contributed by atoms with Crippen molar-refractivity contribution in [3.8, 4) is 5.75 Å². The Hall–Kier alpha value is -2.04. The van der Waals surface area contributed by atoms with E-state index in [-0.39, 0.29) is 18.2 Å². The van der Waals surface area contributed by atoms with E-state index in [9.17, 15) is 14.7 Å². The van der Waals surface area contributed by atoms with Crippen LogP contribution in [0.15, 0.2) is 24.3 Å². The molecule has 24 heavy (non-hydrogen) atoms. The van der Waals surface area contributed by atoms with Crippen LogP contribution < -0.4 is 10.1 Å². The maximum Gasteiger partial charge on any atom is 0.306 e. The molecule has 1 atom stereocenters. The molecule has 5 heteroatoms. The van der Waals surface area contributed by atoms with Crippen LogP contribution >= 0.6 is 0 Å². The maximum absolute atomic E-state index is 12.7. The Morgan fingerprint density at radius 2 is 1.92 bits per heavy atom. The van der Waals surface area contributed by atoms with Crippen LogP contribution in [-0.4, -0.2) is 24.1 Å². The number of carboxylic acid groups (broad SMARTS) is 1. The van der Waals surface area contributed by atoms with E-state index in [0.717, 1.165) is 31.2 Å². The summed E-state index contributed by atoms with van der Waals surface area (Å²) >= 11 is 0. The number of benzene rings is 1. The Balaban J connectivity index is 2.22. The van der Waals surface area contributed by atoms with Gasteiger partial charge in [-0.1, -0.05) is 37.8 Å². The molecule has 0 radical (unpaired) electrons. The summed E-state index contributed by atoms with van der Waals surface area (Å²) in [6.45, 7) is 1.77. The lowest BCUT2D eigenvalue weighted by molar-refractivity contribution is -0.139. The van der Waals surface area contributed by atoms with E-state index in [1.54, 1.807) is 26.2 Å². The minimum Gasteiger partial charge on any atom is -0.497 e. The first-order valence-corrected chi connectivity index (χ1v) is 8.63. The molecule has 2 N–H and O–H groups in total. The molecule has 0 aliphatic heterocycles. The van der Waals surface area contributed by atoms with Crippen molar-refractivity contribution in [2.75, 3.05) is 7.11 Å². The van der Waals surface area contributed by atoms with Gasteiger partial charge in [0.25, 0.3) is 0 Å². The van der Waals surface area contributed by atoms with Crippen molar-refractivity contribution in [1.82, 2.24) is 5.32 Å². The third-order valence-corrected chi connectivity index (χ3v) is 4.84. The number of carbonyl (C=O) groups excluding carboxylic acids is 1. The molecule has 0 bridgehead atoms. The highest BCUT2D eigenvalue weighted by Crippen LogP contribution is 2.30. The van der Waals surface area contributed by atoms with E-state index in [1.807, 2.05) is 12.1 Å². The van der Waals surface area contributed by atoms with Crippen LogP contribution in [0.1, 0.15) is 57.4 Å². The Kier molecular flexibility index (Phi) is 6.23. The summed E-state index contributed by atoms with van der Waals surface area (Å²) in [5, 5.41) is 12.3. The van der Waals surface area contributed by atoms with E-state index in [0.29, 0.717) is 5.75 Å². The second-order valence-corrected chi connectivity index (χ2v) is 6.81. The fourth-order valence-corrected chi connectivity index (χ4v) is 3.40. The fourth-order valence-electron chi connectivity index (χ4n) is 3.40. The van der Waals surface area contributed by atoms with E-state index in [2.05, 4.69) is 5.32 Å². The Morgan fingerprint density at radius 1 is 1.25 bits per heavy atom. The molecule has 1 aliphatic carbocycles. The minimum absolute atomic E-state index is 0.0220. The number of nitrogens with one attached hydrogen (secondary N) is 1. The third kappa shape index (κ3) is 4.73. The minimum atomic E-state index is -0.955. The second-order valence-electron chi connectivity index (χ2n) is 6.81. The molecule has 1 aromatic rings. The van der Waals surface area contributed by atoms with Gasteiger partial charge >= 0.3 is 5.97 Å². The lowest BCUT2D eigenvalue weighted by Crippen LogP contribution is -2.47. The van der Waals surface area contributed by atoms with Crippen LogP contribution in [0.25, 0.3) is 0 Å². The third-order valence-electron chi connectivity index (χ3n) is 4.84. The molecule has 0 spiro atoms. The summed E-state index contributed by atoms with van der Waals surface area (Å²) in [7, 11) is 1.57. The highest BCUT2D eigenvalue weighted by molar-refractivity contribution is 5.81. The van der Waals surface area contributed by atoms with Crippen LogP contribution in [0.5, 0.6) is 5.75 Å². The van der Waals surface area contributed by atoms with Crippen LogP contribution in [-0.2, 0) is 15.1 Å². The molecule has 1 amide bonds. The van der Waals surface area contributed by atoms with E-state index in [4.69, 9.17) is 4.74 Å². The molecule has 5 nitrogen and oxygen atoms in total. The topological polar surface area (TPSA) is 75.6 Å². The van der Waals surface area contributed by atoms with Gasteiger partial charge in [0, 0.05) is 5.92 Å². The van der Waals surface area contributed by atoms with Gasteiger partial charge in [-0.25, -0.2) is 0 Å². The van der Waals surface area contributed by atoms with Crippen molar-refractivity contribution < 1.29 is 19.4 Å². The van der Waals surface area contributed by atoms with Crippen molar-refractivity contribution in [1.29, 1.82) is 0 Å². The highest BCUT2D eigenvalue weighted by atomic mass is 16.5. The molecule has 2 rings (SSSR count). The number of hydrogen-bond acceptors (Lipinski definition) is 3. The Labute approximate surface area is 143 Å². The molecule has 0 saturated heterocycles. The number of rotatable bonds is 6. The number of carboxylic acids is 1. The van der Waals surface area contributed by atoms with Crippen LogP contribution in [0.2, 0.25) is 0 Å². The van der Waals surface area contributed by atoms with Crippen LogP contribution in [0, 0.1) is 5.92 Å². The van der Waals surface area contributed by atoms with Gasteiger partial charge in [-0.05, 0) is 37.5 Å². The van der Waals surface area contributed by atoms with Gasteiger partial charge in [0.15, 0.2) is 0 Å². The molecule has 0 heterocycles. The summed E-state index contributed by atoms with van der Waals surface area (Å²) < 4.78 is 5.23. The van der Waals surface area contributed by atoms with Crippen molar-refractivity contribution in [2.45, 2.75) is 57.4 Å². The first kappa shape index (κ1) is 18.3. The monoisotopic (exact) mass is 333 g/mol. The molecule has 132 valence electrons. The Bertz CT molecular complexity index is 578. The number of amides is 1. The molecule has 1 aliphatic rings. The van der Waals surface area contributed by atoms with Crippen molar-refractivity contribution in [3.05, 3.63) is 29.8 Å². The zero-order valence-electron chi connectivity index (χ0n) is 14.5. The van der Waals surface area contributed by atoms with Gasteiger partial charge < -0.3 is 15.2 Å². The normalized spacial score (nSPS) is 18.2. The predicted molar refractivity (Wildman–Crippen MR) is 91.9 cm³/mol. The molecule has 1 fully saturated rings. The van der Waals surface area contributed by atoms with Gasteiger partial charge in [-0.2, -0.15) is 0 Å². The largest absolute Gasteiger partial charge is 0.497 e. The molecule has 1 aromatic carbocycles. The predicted octanol–water partition coefficient (Wildman–Crippen LogP) is 3.47. The van der Waals surface area contributed by atoms with Gasteiger partial charge in [-0.15, -0.1) is 0 Å².